The Balaban J connectivity index is 2.19. The first kappa shape index (κ1) is 10.4. The van der Waals surface area contributed by atoms with Crippen LogP contribution in [0.3, 0.4) is 0 Å². The summed E-state index contributed by atoms with van der Waals surface area (Å²) in [6.45, 7) is 2.39. The van der Waals surface area contributed by atoms with E-state index in [1.54, 1.807) is 6.07 Å². The molecule has 2 aliphatic heterocycles. The Hall–Kier alpha value is -1.75. The molecule has 17 heavy (non-hydrogen) atoms. The van der Waals surface area contributed by atoms with Crippen molar-refractivity contribution < 1.29 is 4.39 Å². The lowest BCUT2D eigenvalue weighted by Gasteiger charge is -2.27. The number of aliphatic imine (C=N–C) groups is 2. The van der Waals surface area contributed by atoms with E-state index >= 15 is 0 Å². The molecule has 2 aliphatic rings. The van der Waals surface area contributed by atoms with Gasteiger partial charge in [-0.15, -0.1) is 0 Å². The van der Waals surface area contributed by atoms with Gasteiger partial charge in [-0.3, -0.25) is 4.99 Å². The van der Waals surface area contributed by atoms with Gasteiger partial charge >= 0.3 is 0 Å². The maximum absolute atomic E-state index is 13.1. The molecule has 0 aliphatic carbocycles. The van der Waals surface area contributed by atoms with Gasteiger partial charge in [0.2, 0.25) is 5.29 Å². The molecule has 3 rings (SSSR count). The number of hydrazone groups is 1. The van der Waals surface area contributed by atoms with Crippen molar-refractivity contribution in [1.82, 2.24) is 5.01 Å². The third-order valence-corrected chi connectivity index (χ3v) is 2.76. The highest BCUT2D eigenvalue weighted by Crippen LogP contribution is 2.29. The lowest BCUT2D eigenvalue weighted by Crippen LogP contribution is -2.36. The first-order valence-electron chi connectivity index (χ1n) is 5.08. The summed E-state index contributed by atoms with van der Waals surface area (Å²) in [7, 11) is 0. The van der Waals surface area contributed by atoms with Crippen LogP contribution in [0, 0.1) is 5.82 Å². The molecule has 0 fully saturated rings. The van der Waals surface area contributed by atoms with Gasteiger partial charge in [-0.05, 0) is 30.7 Å². The highest BCUT2D eigenvalue weighted by Gasteiger charge is 2.27. The van der Waals surface area contributed by atoms with Gasteiger partial charge in [0.25, 0.3) is 0 Å². The van der Waals surface area contributed by atoms with E-state index in [4.69, 9.17) is 11.6 Å². The standard InChI is InChI=1S/C11H8ClFN4/c1-6-5-14-10-8-3-2-7(13)4-9(8)15-11(12)17(10)16-6/h2-4H,5H2,1H3. The minimum absolute atomic E-state index is 0.181. The first-order valence-corrected chi connectivity index (χ1v) is 5.46. The van der Waals surface area contributed by atoms with E-state index in [2.05, 4.69) is 15.1 Å². The zero-order chi connectivity index (χ0) is 12.0. The summed E-state index contributed by atoms with van der Waals surface area (Å²) in [6, 6.07) is 4.35. The molecule has 0 saturated heterocycles. The number of halogens is 2. The number of amidine groups is 2. The van der Waals surface area contributed by atoms with Crippen LogP contribution in [-0.4, -0.2) is 28.4 Å². The molecule has 0 N–H and O–H groups in total. The van der Waals surface area contributed by atoms with Gasteiger partial charge < -0.3 is 0 Å². The van der Waals surface area contributed by atoms with Crippen molar-refractivity contribution in [3.8, 4) is 0 Å². The monoisotopic (exact) mass is 250 g/mol. The van der Waals surface area contributed by atoms with Crippen molar-refractivity contribution >= 4 is 34.1 Å². The third-order valence-electron chi connectivity index (χ3n) is 2.52. The summed E-state index contributed by atoms with van der Waals surface area (Å²) >= 11 is 6.00. The fraction of sp³-hybridized carbons (Fsp3) is 0.182. The summed E-state index contributed by atoms with van der Waals surface area (Å²) in [5.41, 5.74) is 2.08. The van der Waals surface area contributed by atoms with Crippen LogP contribution in [0.25, 0.3) is 0 Å². The molecule has 0 saturated carbocycles. The van der Waals surface area contributed by atoms with Gasteiger partial charge in [0.15, 0.2) is 5.84 Å². The van der Waals surface area contributed by atoms with Crippen molar-refractivity contribution in [2.24, 2.45) is 15.1 Å². The van der Waals surface area contributed by atoms with E-state index in [1.165, 1.54) is 17.1 Å². The fourth-order valence-electron chi connectivity index (χ4n) is 1.77. The minimum Gasteiger partial charge on any atom is -0.260 e. The van der Waals surface area contributed by atoms with Crippen LogP contribution in [0.2, 0.25) is 0 Å². The number of fused-ring (bicyclic) bond motifs is 3. The Kier molecular flexibility index (Phi) is 2.22. The molecule has 0 bridgehead atoms. The average Bonchev–Trinajstić information content (AvgIpc) is 2.29. The van der Waals surface area contributed by atoms with E-state index in [0.717, 1.165) is 11.3 Å². The molecule has 4 nitrogen and oxygen atoms in total. The van der Waals surface area contributed by atoms with E-state index in [0.29, 0.717) is 18.1 Å². The molecular weight excluding hydrogens is 243 g/mol. The Bertz CT molecular complexity index is 591. The second-order valence-electron chi connectivity index (χ2n) is 3.83. The Labute approximate surface area is 102 Å². The van der Waals surface area contributed by atoms with Gasteiger partial charge in [-0.2, -0.15) is 10.1 Å². The molecule has 0 amide bonds. The zero-order valence-corrected chi connectivity index (χ0v) is 9.74. The van der Waals surface area contributed by atoms with Gasteiger partial charge in [0, 0.05) is 11.6 Å². The van der Waals surface area contributed by atoms with Crippen molar-refractivity contribution in [3.05, 3.63) is 29.6 Å². The first-order chi connectivity index (χ1) is 8.15. The lowest BCUT2D eigenvalue weighted by atomic mass is 10.1. The zero-order valence-electron chi connectivity index (χ0n) is 8.98. The Morgan fingerprint density at radius 2 is 2.24 bits per heavy atom. The maximum Gasteiger partial charge on any atom is 0.226 e. The molecule has 0 radical (unpaired) electrons. The molecule has 1 aromatic carbocycles. The third kappa shape index (κ3) is 1.63. The van der Waals surface area contributed by atoms with Crippen LogP contribution in [0.4, 0.5) is 10.1 Å². The predicted octanol–water partition coefficient (Wildman–Crippen LogP) is 2.50. The summed E-state index contributed by atoms with van der Waals surface area (Å²) < 4.78 is 13.1. The van der Waals surface area contributed by atoms with Crippen LogP contribution >= 0.6 is 11.6 Å². The van der Waals surface area contributed by atoms with Gasteiger partial charge in [-0.25, -0.2) is 9.38 Å². The van der Waals surface area contributed by atoms with E-state index in [9.17, 15) is 4.39 Å². The second-order valence-corrected chi connectivity index (χ2v) is 4.17. The number of hydrogen-bond acceptors (Lipinski definition) is 4. The summed E-state index contributed by atoms with van der Waals surface area (Å²) in [5, 5.41) is 5.92. The predicted molar refractivity (Wildman–Crippen MR) is 65.7 cm³/mol. The van der Waals surface area contributed by atoms with Crippen molar-refractivity contribution in [2.75, 3.05) is 6.54 Å². The van der Waals surface area contributed by atoms with Crippen LogP contribution in [0.5, 0.6) is 0 Å². The molecule has 6 heteroatoms. The van der Waals surface area contributed by atoms with Gasteiger partial charge in [0.05, 0.1) is 17.9 Å². The molecule has 86 valence electrons. The quantitative estimate of drug-likeness (QED) is 0.652. The normalized spacial score (nSPS) is 17.8. The average molecular weight is 251 g/mol. The summed E-state index contributed by atoms with van der Waals surface area (Å²) in [5.74, 6) is 0.270. The molecule has 1 aromatic rings. The smallest absolute Gasteiger partial charge is 0.226 e. The van der Waals surface area contributed by atoms with Crippen LogP contribution in [0.15, 0.2) is 33.3 Å². The topological polar surface area (TPSA) is 40.3 Å². The highest BCUT2D eigenvalue weighted by molar-refractivity contribution is 6.66. The van der Waals surface area contributed by atoms with Crippen molar-refractivity contribution in [1.29, 1.82) is 0 Å². The molecule has 0 unspecified atom stereocenters. The number of nitrogens with zero attached hydrogens (tertiary/aromatic N) is 4. The number of hydrogen-bond donors (Lipinski definition) is 0. The number of rotatable bonds is 0. The van der Waals surface area contributed by atoms with Crippen molar-refractivity contribution in [3.63, 3.8) is 0 Å². The number of benzene rings is 1. The molecular formula is C11H8ClFN4. The minimum atomic E-state index is -0.346. The Morgan fingerprint density at radius 3 is 3.06 bits per heavy atom. The van der Waals surface area contributed by atoms with Crippen LogP contribution in [-0.2, 0) is 0 Å². The van der Waals surface area contributed by atoms with Crippen LogP contribution < -0.4 is 0 Å². The maximum atomic E-state index is 13.1. The van der Waals surface area contributed by atoms with Crippen molar-refractivity contribution in [2.45, 2.75) is 6.92 Å². The molecule has 0 aromatic heterocycles. The lowest BCUT2D eigenvalue weighted by molar-refractivity contribution is 0.624. The van der Waals surface area contributed by atoms with E-state index in [1.807, 2.05) is 6.92 Å². The van der Waals surface area contributed by atoms with Crippen LogP contribution in [0.1, 0.15) is 12.5 Å². The van der Waals surface area contributed by atoms with E-state index in [-0.39, 0.29) is 11.1 Å². The highest BCUT2D eigenvalue weighted by atomic mass is 35.5. The SMILES string of the molecule is CC1=NN2C(Cl)=Nc3cc(F)ccc3C2=NC1. The largest absolute Gasteiger partial charge is 0.260 e. The summed E-state index contributed by atoms with van der Waals surface area (Å²) in [4.78, 5) is 8.48. The molecule has 2 heterocycles. The second kappa shape index (κ2) is 3.63. The summed E-state index contributed by atoms with van der Waals surface area (Å²) in [6.07, 6.45) is 0. The molecule has 0 atom stereocenters. The molecule has 0 spiro atoms. The van der Waals surface area contributed by atoms with Gasteiger partial charge in [0.1, 0.15) is 5.82 Å². The Morgan fingerprint density at radius 1 is 1.41 bits per heavy atom. The van der Waals surface area contributed by atoms with Gasteiger partial charge in [-0.1, -0.05) is 0 Å². The fourth-order valence-corrected chi connectivity index (χ4v) is 1.98. The van der Waals surface area contributed by atoms with E-state index < -0.39 is 0 Å².